The molecule has 98 valence electrons. The molecule has 0 spiro atoms. The summed E-state index contributed by atoms with van der Waals surface area (Å²) in [6.07, 6.45) is 0.457. The highest BCUT2D eigenvalue weighted by atomic mass is 16.5. The van der Waals surface area contributed by atoms with Crippen molar-refractivity contribution in [1.29, 1.82) is 5.26 Å². The van der Waals surface area contributed by atoms with Crippen LogP contribution in [-0.4, -0.2) is 29.7 Å². The first kappa shape index (κ1) is 14.2. The number of nitrogens with two attached hydrogens (primary N) is 1. The van der Waals surface area contributed by atoms with Gasteiger partial charge in [-0.3, -0.25) is 0 Å². The van der Waals surface area contributed by atoms with Crippen molar-refractivity contribution in [3.63, 3.8) is 0 Å². The molecule has 0 saturated heterocycles. The molecule has 0 fully saturated rings. The number of nitriles is 1. The summed E-state index contributed by atoms with van der Waals surface area (Å²) in [5.41, 5.74) is 5.75. The second kappa shape index (κ2) is 7.45. The molecule has 0 unspecified atom stereocenters. The fraction of sp³-hybridized carbons (Fsp3) is 0.583. The zero-order valence-electron chi connectivity index (χ0n) is 10.9. The molecule has 0 atom stereocenters. The van der Waals surface area contributed by atoms with Gasteiger partial charge in [0.15, 0.2) is 5.82 Å². The van der Waals surface area contributed by atoms with E-state index < -0.39 is 0 Å². The Morgan fingerprint density at radius 2 is 2.22 bits per heavy atom. The van der Waals surface area contributed by atoms with E-state index in [2.05, 4.69) is 16.0 Å². The minimum absolute atomic E-state index is 0.352. The van der Waals surface area contributed by atoms with Crippen LogP contribution >= 0.6 is 0 Å². The summed E-state index contributed by atoms with van der Waals surface area (Å²) in [6.45, 7) is 6.30. The quantitative estimate of drug-likeness (QED) is 0.784. The van der Waals surface area contributed by atoms with Crippen LogP contribution in [0.15, 0.2) is 6.07 Å². The second-order valence-corrected chi connectivity index (χ2v) is 3.69. The molecule has 18 heavy (non-hydrogen) atoms. The first-order valence-electron chi connectivity index (χ1n) is 6.04. The minimum atomic E-state index is 0.352. The first-order valence-corrected chi connectivity index (χ1v) is 6.04. The maximum absolute atomic E-state index is 8.63. The molecule has 0 aliphatic carbocycles. The summed E-state index contributed by atoms with van der Waals surface area (Å²) in [6, 6.07) is 3.84. The van der Waals surface area contributed by atoms with Crippen molar-refractivity contribution < 1.29 is 4.74 Å². The summed E-state index contributed by atoms with van der Waals surface area (Å²) in [5.74, 6) is 1.74. The van der Waals surface area contributed by atoms with E-state index in [4.69, 9.17) is 15.7 Å². The summed E-state index contributed by atoms with van der Waals surface area (Å²) >= 11 is 0. The van der Waals surface area contributed by atoms with Crippen molar-refractivity contribution in [2.45, 2.75) is 26.9 Å². The van der Waals surface area contributed by atoms with Crippen LogP contribution in [0.2, 0.25) is 0 Å². The van der Waals surface area contributed by atoms with Gasteiger partial charge in [0.1, 0.15) is 18.2 Å². The highest BCUT2D eigenvalue weighted by Crippen LogP contribution is 2.14. The van der Waals surface area contributed by atoms with E-state index in [-0.39, 0.29) is 0 Å². The maximum atomic E-state index is 8.63. The van der Waals surface area contributed by atoms with E-state index in [0.29, 0.717) is 37.8 Å². The third-order valence-corrected chi connectivity index (χ3v) is 2.41. The van der Waals surface area contributed by atoms with Crippen LogP contribution in [0.5, 0.6) is 0 Å². The van der Waals surface area contributed by atoms with Crippen LogP contribution < -0.4 is 10.6 Å². The largest absolute Gasteiger partial charge is 0.384 e. The molecule has 0 bridgehead atoms. The monoisotopic (exact) mass is 249 g/mol. The number of nitrogens with zero attached hydrogens (tertiary/aromatic N) is 4. The Labute approximate surface area is 107 Å². The van der Waals surface area contributed by atoms with Gasteiger partial charge in [0.25, 0.3) is 0 Å². The van der Waals surface area contributed by atoms with Gasteiger partial charge in [-0.2, -0.15) is 5.26 Å². The fourth-order valence-electron chi connectivity index (χ4n) is 1.54. The summed E-state index contributed by atoms with van der Waals surface area (Å²) in [7, 11) is 0. The van der Waals surface area contributed by atoms with Crippen molar-refractivity contribution in [3.05, 3.63) is 11.9 Å². The molecule has 6 heteroatoms. The van der Waals surface area contributed by atoms with E-state index in [9.17, 15) is 0 Å². The van der Waals surface area contributed by atoms with Gasteiger partial charge in [-0.15, -0.1) is 0 Å². The van der Waals surface area contributed by atoms with Gasteiger partial charge < -0.3 is 15.4 Å². The number of anilines is 2. The zero-order chi connectivity index (χ0) is 13.4. The van der Waals surface area contributed by atoms with E-state index in [1.54, 1.807) is 6.07 Å². The lowest BCUT2D eigenvalue weighted by Crippen LogP contribution is -2.25. The van der Waals surface area contributed by atoms with Crippen molar-refractivity contribution in [3.8, 4) is 6.07 Å². The summed E-state index contributed by atoms with van der Waals surface area (Å²) < 4.78 is 5.27. The first-order chi connectivity index (χ1) is 8.71. The number of aromatic nitrogens is 2. The molecule has 6 nitrogen and oxygen atoms in total. The molecule has 1 rings (SSSR count). The number of rotatable bonds is 7. The molecule has 0 radical (unpaired) electrons. The van der Waals surface area contributed by atoms with Crippen molar-refractivity contribution in [2.24, 2.45) is 0 Å². The molecular weight excluding hydrogens is 230 g/mol. The molecule has 0 amide bonds. The van der Waals surface area contributed by atoms with E-state index in [0.717, 1.165) is 12.4 Å². The Bertz CT molecular complexity index is 415. The Kier molecular flexibility index (Phi) is 5.88. The van der Waals surface area contributed by atoms with E-state index >= 15 is 0 Å². The molecule has 0 aliphatic rings. The lowest BCUT2D eigenvalue weighted by atomic mass is 10.3. The number of hydrogen-bond acceptors (Lipinski definition) is 6. The minimum Gasteiger partial charge on any atom is -0.384 e. The van der Waals surface area contributed by atoms with Gasteiger partial charge in [0, 0.05) is 25.8 Å². The Hall–Kier alpha value is -1.87. The highest BCUT2D eigenvalue weighted by Gasteiger charge is 2.09. The zero-order valence-corrected chi connectivity index (χ0v) is 10.9. The predicted octanol–water partition coefficient (Wildman–Crippen LogP) is 1.34. The van der Waals surface area contributed by atoms with E-state index in [1.807, 2.05) is 18.7 Å². The molecule has 2 N–H and O–H groups in total. The lowest BCUT2D eigenvalue weighted by molar-refractivity contribution is 0.128. The summed E-state index contributed by atoms with van der Waals surface area (Å²) in [4.78, 5) is 10.5. The highest BCUT2D eigenvalue weighted by molar-refractivity contribution is 5.46. The fourth-order valence-corrected chi connectivity index (χ4v) is 1.54. The van der Waals surface area contributed by atoms with Gasteiger partial charge in [-0.25, -0.2) is 9.97 Å². The predicted molar refractivity (Wildman–Crippen MR) is 69.9 cm³/mol. The Morgan fingerprint density at radius 1 is 1.44 bits per heavy atom. The van der Waals surface area contributed by atoms with Crippen molar-refractivity contribution >= 4 is 11.6 Å². The van der Waals surface area contributed by atoms with Crippen molar-refractivity contribution in [2.75, 3.05) is 30.3 Å². The third-order valence-electron chi connectivity index (χ3n) is 2.41. The number of ether oxygens (including phenoxy) is 1. The van der Waals surface area contributed by atoms with Gasteiger partial charge in [0.2, 0.25) is 0 Å². The normalized spacial score (nSPS) is 10.1. The smallest absolute Gasteiger partial charge is 0.158 e. The van der Waals surface area contributed by atoms with Crippen LogP contribution in [0.25, 0.3) is 0 Å². The SMILES string of the molecule is CCOCc1nc(N)cc(N(CC)CCC#N)n1. The van der Waals surface area contributed by atoms with Crippen LogP contribution in [0.3, 0.4) is 0 Å². The molecular formula is C12H19N5O. The number of hydrogen-bond donors (Lipinski definition) is 1. The van der Waals surface area contributed by atoms with Gasteiger partial charge in [-0.05, 0) is 13.8 Å². The Morgan fingerprint density at radius 3 is 2.83 bits per heavy atom. The van der Waals surface area contributed by atoms with Crippen LogP contribution in [-0.2, 0) is 11.3 Å². The molecule has 0 saturated carbocycles. The Balaban J connectivity index is 2.85. The van der Waals surface area contributed by atoms with E-state index in [1.165, 1.54) is 0 Å². The molecule has 1 aromatic rings. The van der Waals surface area contributed by atoms with Gasteiger partial charge >= 0.3 is 0 Å². The average molecular weight is 249 g/mol. The van der Waals surface area contributed by atoms with Crippen LogP contribution in [0.1, 0.15) is 26.1 Å². The molecule has 0 aromatic carbocycles. The topological polar surface area (TPSA) is 88.1 Å². The molecule has 1 aromatic heterocycles. The molecule has 1 heterocycles. The molecule has 0 aliphatic heterocycles. The van der Waals surface area contributed by atoms with Gasteiger partial charge in [-0.1, -0.05) is 0 Å². The van der Waals surface area contributed by atoms with Crippen molar-refractivity contribution in [1.82, 2.24) is 9.97 Å². The second-order valence-electron chi connectivity index (χ2n) is 3.69. The van der Waals surface area contributed by atoms with Crippen LogP contribution in [0.4, 0.5) is 11.6 Å². The standard InChI is InChI=1S/C12H19N5O/c1-3-17(7-5-6-13)12-8-10(14)15-11(16-12)9-18-4-2/h8H,3-5,7,9H2,1-2H3,(H2,14,15,16). The van der Waals surface area contributed by atoms with Gasteiger partial charge in [0.05, 0.1) is 12.5 Å². The van der Waals surface area contributed by atoms with Crippen LogP contribution in [0, 0.1) is 11.3 Å². The third kappa shape index (κ3) is 4.18. The number of nitrogen functional groups attached to an aromatic ring is 1. The lowest BCUT2D eigenvalue weighted by Gasteiger charge is -2.21. The summed E-state index contributed by atoms with van der Waals surface area (Å²) in [5, 5.41) is 8.63. The average Bonchev–Trinajstić information content (AvgIpc) is 2.37. The maximum Gasteiger partial charge on any atom is 0.158 e.